The van der Waals surface area contributed by atoms with E-state index in [1.807, 2.05) is 11.8 Å². The Kier molecular flexibility index (Phi) is 4.29. The summed E-state index contributed by atoms with van der Waals surface area (Å²) >= 11 is 1.20. The lowest BCUT2D eigenvalue weighted by Crippen LogP contribution is -2.38. The zero-order valence-corrected chi connectivity index (χ0v) is 13.0. The zero-order valence-electron chi connectivity index (χ0n) is 12.2. The first kappa shape index (κ1) is 14.2. The van der Waals surface area contributed by atoms with E-state index in [-0.39, 0.29) is 5.91 Å². The van der Waals surface area contributed by atoms with Gasteiger partial charge < -0.3 is 4.90 Å². The fraction of sp³-hybridized carbons (Fsp3) is 0.438. The van der Waals surface area contributed by atoms with Crippen LogP contribution in [0.3, 0.4) is 0 Å². The minimum Gasteiger partial charge on any atom is -0.337 e. The Morgan fingerprint density at radius 3 is 2.62 bits per heavy atom. The molecule has 110 valence electrons. The molecular formula is C16H19N3OS. The summed E-state index contributed by atoms with van der Waals surface area (Å²) in [6, 6.07) is 10.6. The monoisotopic (exact) mass is 301 g/mol. The summed E-state index contributed by atoms with van der Waals surface area (Å²) in [7, 11) is 0. The van der Waals surface area contributed by atoms with Crippen molar-refractivity contribution in [2.45, 2.75) is 26.2 Å². The second-order valence-electron chi connectivity index (χ2n) is 5.57. The van der Waals surface area contributed by atoms with Gasteiger partial charge in [-0.05, 0) is 49.2 Å². The largest absolute Gasteiger partial charge is 0.337 e. The first-order chi connectivity index (χ1) is 10.2. The molecule has 1 aliphatic rings. The summed E-state index contributed by atoms with van der Waals surface area (Å²) in [6.45, 7) is 3.48. The highest BCUT2D eigenvalue weighted by atomic mass is 32.1. The summed E-state index contributed by atoms with van der Waals surface area (Å²) in [5.41, 5.74) is 1.39. The normalized spacial score (nSPS) is 16.1. The van der Waals surface area contributed by atoms with E-state index in [4.69, 9.17) is 0 Å². The maximum Gasteiger partial charge on any atom is 0.284 e. The van der Waals surface area contributed by atoms with Gasteiger partial charge in [0, 0.05) is 13.1 Å². The van der Waals surface area contributed by atoms with Crippen LogP contribution in [0, 0.1) is 12.8 Å². The lowest BCUT2D eigenvalue weighted by atomic mass is 9.90. The van der Waals surface area contributed by atoms with E-state index >= 15 is 0 Å². The molecule has 0 spiro atoms. The Balaban J connectivity index is 1.54. The predicted molar refractivity (Wildman–Crippen MR) is 83.4 cm³/mol. The molecule has 0 atom stereocenters. The summed E-state index contributed by atoms with van der Waals surface area (Å²) in [6.07, 6.45) is 3.25. The Hall–Kier alpha value is -1.75. The van der Waals surface area contributed by atoms with Crippen LogP contribution in [0.2, 0.25) is 0 Å². The first-order valence-electron chi connectivity index (χ1n) is 7.36. The third-order valence-corrected chi connectivity index (χ3v) is 4.77. The van der Waals surface area contributed by atoms with Crippen LogP contribution >= 0.6 is 11.5 Å². The van der Waals surface area contributed by atoms with Gasteiger partial charge in [0.05, 0.1) is 0 Å². The van der Waals surface area contributed by atoms with Crippen molar-refractivity contribution >= 4 is 17.4 Å². The van der Waals surface area contributed by atoms with E-state index < -0.39 is 0 Å². The van der Waals surface area contributed by atoms with Gasteiger partial charge in [0.25, 0.3) is 5.91 Å². The van der Waals surface area contributed by atoms with Gasteiger partial charge in [-0.3, -0.25) is 4.79 Å². The minimum atomic E-state index is 0.0405. The molecular weight excluding hydrogens is 282 g/mol. The van der Waals surface area contributed by atoms with E-state index in [9.17, 15) is 4.79 Å². The first-order valence-corrected chi connectivity index (χ1v) is 8.13. The lowest BCUT2D eigenvalue weighted by molar-refractivity contribution is 0.0690. The molecule has 0 N–H and O–H groups in total. The SMILES string of the molecule is Cc1nsc(C(=O)N2CCC(Cc3ccccc3)CC2)n1. The fourth-order valence-electron chi connectivity index (χ4n) is 2.81. The van der Waals surface area contributed by atoms with Crippen LogP contribution in [0.25, 0.3) is 0 Å². The molecule has 2 heterocycles. The van der Waals surface area contributed by atoms with Crippen LogP contribution in [0.1, 0.15) is 34.0 Å². The average molecular weight is 301 g/mol. The number of piperidine rings is 1. The average Bonchev–Trinajstić information content (AvgIpc) is 2.95. The van der Waals surface area contributed by atoms with Gasteiger partial charge in [-0.1, -0.05) is 30.3 Å². The van der Waals surface area contributed by atoms with Crippen molar-refractivity contribution in [3.63, 3.8) is 0 Å². The number of likely N-dealkylation sites (tertiary alicyclic amines) is 1. The van der Waals surface area contributed by atoms with E-state index in [1.165, 1.54) is 17.1 Å². The van der Waals surface area contributed by atoms with Gasteiger partial charge in [0.15, 0.2) is 0 Å². The number of hydrogen-bond donors (Lipinski definition) is 0. The lowest BCUT2D eigenvalue weighted by Gasteiger charge is -2.31. The second-order valence-corrected chi connectivity index (χ2v) is 6.32. The summed E-state index contributed by atoms with van der Waals surface area (Å²) in [5.74, 6) is 1.40. The second kappa shape index (κ2) is 6.35. The molecule has 0 bridgehead atoms. The molecule has 1 amide bonds. The third kappa shape index (κ3) is 3.47. The van der Waals surface area contributed by atoms with Crippen molar-refractivity contribution in [3.05, 3.63) is 46.7 Å². The molecule has 0 aliphatic carbocycles. The van der Waals surface area contributed by atoms with Crippen LogP contribution in [0.15, 0.2) is 30.3 Å². The van der Waals surface area contributed by atoms with Gasteiger partial charge in [0.2, 0.25) is 5.01 Å². The number of aromatic nitrogens is 2. The van der Waals surface area contributed by atoms with E-state index in [0.717, 1.165) is 32.4 Å². The molecule has 3 rings (SSSR count). The Morgan fingerprint density at radius 1 is 1.29 bits per heavy atom. The molecule has 1 aliphatic heterocycles. The summed E-state index contributed by atoms with van der Waals surface area (Å²) in [5, 5.41) is 0.522. The van der Waals surface area contributed by atoms with Gasteiger partial charge >= 0.3 is 0 Å². The smallest absolute Gasteiger partial charge is 0.284 e. The number of benzene rings is 1. The van der Waals surface area contributed by atoms with Crippen molar-refractivity contribution in [1.82, 2.24) is 14.3 Å². The maximum atomic E-state index is 12.3. The fourth-order valence-corrected chi connectivity index (χ4v) is 3.45. The highest BCUT2D eigenvalue weighted by molar-refractivity contribution is 7.07. The topological polar surface area (TPSA) is 46.1 Å². The van der Waals surface area contributed by atoms with E-state index in [2.05, 4.69) is 39.7 Å². The molecule has 1 aromatic carbocycles. The number of hydrogen-bond acceptors (Lipinski definition) is 4. The molecule has 0 saturated carbocycles. The Bertz CT molecular complexity index is 603. The zero-order chi connectivity index (χ0) is 14.7. The molecule has 21 heavy (non-hydrogen) atoms. The number of rotatable bonds is 3. The molecule has 5 heteroatoms. The van der Waals surface area contributed by atoms with E-state index in [1.54, 1.807) is 0 Å². The van der Waals surface area contributed by atoms with Crippen molar-refractivity contribution in [1.29, 1.82) is 0 Å². The van der Waals surface area contributed by atoms with Crippen molar-refractivity contribution in [2.75, 3.05) is 13.1 Å². The summed E-state index contributed by atoms with van der Waals surface area (Å²) < 4.78 is 4.09. The van der Waals surface area contributed by atoms with Crippen LogP contribution < -0.4 is 0 Å². The number of amides is 1. The standard InChI is InChI=1S/C16H19N3OS/c1-12-17-15(21-18-12)16(20)19-9-7-14(8-10-19)11-13-5-3-2-4-6-13/h2-6,14H,7-11H2,1H3. The van der Waals surface area contributed by atoms with Crippen LogP contribution in [-0.2, 0) is 6.42 Å². The van der Waals surface area contributed by atoms with Crippen molar-refractivity contribution in [3.8, 4) is 0 Å². The van der Waals surface area contributed by atoms with Crippen LogP contribution in [-0.4, -0.2) is 33.3 Å². The number of aryl methyl sites for hydroxylation is 1. The van der Waals surface area contributed by atoms with Gasteiger partial charge in [-0.2, -0.15) is 4.37 Å². The maximum absolute atomic E-state index is 12.3. The molecule has 4 nitrogen and oxygen atoms in total. The molecule has 1 saturated heterocycles. The molecule has 0 radical (unpaired) electrons. The predicted octanol–water partition coefficient (Wildman–Crippen LogP) is 2.94. The Morgan fingerprint density at radius 2 is 2.00 bits per heavy atom. The van der Waals surface area contributed by atoms with Crippen molar-refractivity contribution < 1.29 is 4.79 Å². The molecule has 1 aromatic heterocycles. The van der Waals surface area contributed by atoms with Gasteiger partial charge in [0.1, 0.15) is 5.82 Å². The highest BCUT2D eigenvalue weighted by Crippen LogP contribution is 2.23. The highest BCUT2D eigenvalue weighted by Gasteiger charge is 2.25. The molecule has 2 aromatic rings. The number of carbonyl (C=O) groups is 1. The van der Waals surface area contributed by atoms with Crippen LogP contribution in [0.5, 0.6) is 0 Å². The Labute approximate surface area is 129 Å². The van der Waals surface area contributed by atoms with Crippen LogP contribution in [0.4, 0.5) is 0 Å². The molecule has 1 fully saturated rings. The minimum absolute atomic E-state index is 0.0405. The molecule has 0 unspecified atom stereocenters. The van der Waals surface area contributed by atoms with Gasteiger partial charge in [-0.15, -0.1) is 0 Å². The number of nitrogens with zero attached hydrogens (tertiary/aromatic N) is 3. The van der Waals surface area contributed by atoms with Gasteiger partial charge in [-0.25, -0.2) is 4.98 Å². The summed E-state index contributed by atoms with van der Waals surface area (Å²) in [4.78, 5) is 18.4. The quantitative estimate of drug-likeness (QED) is 0.875. The number of carbonyl (C=O) groups excluding carboxylic acids is 1. The third-order valence-electron chi connectivity index (χ3n) is 3.98. The van der Waals surface area contributed by atoms with E-state index in [0.29, 0.717) is 16.7 Å². The van der Waals surface area contributed by atoms with Crippen molar-refractivity contribution in [2.24, 2.45) is 5.92 Å².